The van der Waals surface area contributed by atoms with Gasteiger partial charge in [-0.05, 0) is 24.8 Å². The standard InChI is InChI=1S/C12H18N2O4S/c15-12(14-16)10-19(17,18)13-9-5-4-8-11-6-2-1-3-7-11/h1-3,6-7,13,16H,4-5,8-10H2,(H,14,15). The van der Waals surface area contributed by atoms with Gasteiger partial charge in [-0.3, -0.25) is 10.0 Å². The summed E-state index contributed by atoms with van der Waals surface area (Å²) in [6.45, 7) is 0.286. The molecular formula is C12H18N2O4S. The first kappa shape index (κ1) is 15.6. The van der Waals surface area contributed by atoms with Crippen LogP contribution in [-0.4, -0.2) is 31.8 Å². The van der Waals surface area contributed by atoms with Gasteiger partial charge in [0.1, 0.15) is 5.75 Å². The highest BCUT2D eigenvalue weighted by molar-refractivity contribution is 7.90. The topological polar surface area (TPSA) is 95.5 Å². The Balaban J connectivity index is 2.19. The minimum Gasteiger partial charge on any atom is -0.289 e. The van der Waals surface area contributed by atoms with Gasteiger partial charge in [0, 0.05) is 6.54 Å². The zero-order chi connectivity index (χ0) is 14.1. The molecule has 7 heteroatoms. The van der Waals surface area contributed by atoms with E-state index in [1.807, 2.05) is 30.3 Å². The molecule has 0 fully saturated rings. The van der Waals surface area contributed by atoms with E-state index in [2.05, 4.69) is 4.72 Å². The molecule has 0 unspecified atom stereocenters. The maximum atomic E-state index is 11.3. The van der Waals surface area contributed by atoms with Crippen molar-refractivity contribution in [1.29, 1.82) is 0 Å². The fourth-order valence-corrected chi connectivity index (χ4v) is 2.55. The first-order valence-electron chi connectivity index (χ1n) is 5.98. The van der Waals surface area contributed by atoms with E-state index in [1.165, 1.54) is 11.0 Å². The number of rotatable bonds is 8. The Bertz CT molecular complexity index is 488. The summed E-state index contributed by atoms with van der Waals surface area (Å²) < 4.78 is 25.0. The van der Waals surface area contributed by atoms with Crippen molar-refractivity contribution >= 4 is 15.9 Å². The first-order chi connectivity index (χ1) is 9.03. The van der Waals surface area contributed by atoms with Gasteiger partial charge in [0.15, 0.2) is 0 Å². The van der Waals surface area contributed by atoms with Crippen LogP contribution < -0.4 is 10.2 Å². The van der Waals surface area contributed by atoms with Crippen molar-refractivity contribution in [2.24, 2.45) is 0 Å². The second-order valence-electron chi connectivity index (χ2n) is 4.13. The molecule has 0 aliphatic rings. The highest BCUT2D eigenvalue weighted by Crippen LogP contribution is 2.03. The summed E-state index contributed by atoms with van der Waals surface area (Å²) in [5, 5.41) is 8.24. The van der Waals surface area contributed by atoms with Gasteiger partial charge in [0.25, 0.3) is 5.91 Å². The number of nitrogens with one attached hydrogen (secondary N) is 2. The molecule has 0 aliphatic carbocycles. The lowest BCUT2D eigenvalue weighted by Crippen LogP contribution is -2.35. The smallest absolute Gasteiger partial charge is 0.259 e. The number of sulfonamides is 1. The molecule has 1 aromatic rings. The minimum absolute atomic E-state index is 0.286. The van der Waals surface area contributed by atoms with Crippen molar-refractivity contribution in [3.05, 3.63) is 35.9 Å². The third-order valence-electron chi connectivity index (χ3n) is 2.50. The lowest BCUT2D eigenvalue weighted by Gasteiger charge is -2.05. The van der Waals surface area contributed by atoms with Crippen LogP contribution in [0.5, 0.6) is 0 Å². The molecule has 1 aromatic carbocycles. The van der Waals surface area contributed by atoms with Gasteiger partial charge in [-0.15, -0.1) is 0 Å². The molecule has 0 heterocycles. The van der Waals surface area contributed by atoms with E-state index in [-0.39, 0.29) is 6.54 Å². The quantitative estimate of drug-likeness (QED) is 0.367. The Hall–Kier alpha value is -1.44. The molecule has 0 saturated heterocycles. The van der Waals surface area contributed by atoms with Crippen LogP contribution in [0.2, 0.25) is 0 Å². The third-order valence-corrected chi connectivity index (χ3v) is 3.79. The second-order valence-corrected chi connectivity index (χ2v) is 5.94. The van der Waals surface area contributed by atoms with Crippen molar-refractivity contribution in [2.45, 2.75) is 19.3 Å². The Morgan fingerprint density at radius 1 is 1.16 bits per heavy atom. The van der Waals surface area contributed by atoms with Crippen LogP contribution >= 0.6 is 0 Å². The van der Waals surface area contributed by atoms with E-state index < -0.39 is 21.7 Å². The van der Waals surface area contributed by atoms with Gasteiger partial charge >= 0.3 is 0 Å². The van der Waals surface area contributed by atoms with Gasteiger partial charge in [-0.2, -0.15) is 0 Å². The van der Waals surface area contributed by atoms with Gasteiger partial charge in [0.05, 0.1) is 0 Å². The van der Waals surface area contributed by atoms with Crippen LogP contribution in [-0.2, 0) is 21.2 Å². The molecule has 0 spiro atoms. The molecule has 3 N–H and O–H groups in total. The number of hydroxylamine groups is 1. The fraction of sp³-hybridized carbons (Fsp3) is 0.417. The van der Waals surface area contributed by atoms with E-state index in [9.17, 15) is 13.2 Å². The van der Waals surface area contributed by atoms with Crippen molar-refractivity contribution in [2.75, 3.05) is 12.3 Å². The molecule has 106 valence electrons. The predicted octanol–water partition coefficient (Wildman–Crippen LogP) is 0.434. The SMILES string of the molecule is O=C(CS(=O)(=O)NCCCCc1ccccc1)NO. The van der Waals surface area contributed by atoms with Gasteiger partial charge in [-0.25, -0.2) is 18.6 Å². The number of carbonyl (C=O) groups excluding carboxylic acids is 1. The zero-order valence-electron chi connectivity index (χ0n) is 10.5. The molecule has 1 amide bonds. The minimum atomic E-state index is -3.66. The van der Waals surface area contributed by atoms with Crippen LogP contribution in [0.15, 0.2) is 30.3 Å². The van der Waals surface area contributed by atoms with E-state index in [1.54, 1.807) is 0 Å². The van der Waals surface area contributed by atoms with Crippen LogP contribution in [0.3, 0.4) is 0 Å². The third kappa shape index (κ3) is 6.90. The lowest BCUT2D eigenvalue weighted by atomic mass is 10.1. The Morgan fingerprint density at radius 2 is 1.84 bits per heavy atom. The summed E-state index contributed by atoms with van der Waals surface area (Å²) in [7, 11) is -3.66. The summed E-state index contributed by atoms with van der Waals surface area (Å²) >= 11 is 0. The summed E-state index contributed by atoms with van der Waals surface area (Å²) in [5.74, 6) is -1.71. The van der Waals surface area contributed by atoms with Gasteiger partial charge in [0.2, 0.25) is 10.0 Å². The van der Waals surface area contributed by atoms with Crippen LogP contribution in [0, 0.1) is 0 Å². The molecule has 1 rings (SSSR count). The molecule has 0 bridgehead atoms. The number of hydrogen-bond acceptors (Lipinski definition) is 4. The largest absolute Gasteiger partial charge is 0.289 e. The monoisotopic (exact) mass is 286 g/mol. The van der Waals surface area contributed by atoms with Crippen LogP contribution in [0.4, 0.5) is 0 Å². The summed E-state index contributed by atoms with van der Waals surface area (Å²) in [4.78, 5) is 10.7. The molecule has 0 aliphatic heterocycles. The fourth-order valence-electron chi connectivity index (χ4n) is 1.58. The average molecular weight is 286 g/mol. The van der Waals surface area contributed by atoms with Gasteiger partial charge < -0.3 is 0 Å². The van der Waals surface area contributed by atoms with E-state index in [0.29, 0.717) is 6.42 Å². The first-order valence-corrected chi connectivity index (χ1v) is 7.63. The molecule has 0 radical (unpaired) electrons. The van der Waals surface area contributed by atoms with Crippen molar-refractivity contribution in [1.82, 2.24) is 10.2 Å². The molecule has 0 aromatic heterocycles. The summed E-state index contributed by atoms with van der Waals surface area (Å²) in [6, 6.07) is 9.92. The van der Waals surface area contributed by atoms with Crippen molar-refractivity contribution in [3.63, 3.8) is 0 Å². The molecule has 19 heavy (non-hydrogen) atoms. The van der Waals surface area contributed by atoms with Crippen molar-refractivity contribution < 1.29 is 18.4 Å². The number of unbranched alkanes of at least 4 members (excludes halogenated alkanes) is 1. The van der Waals surface area contributed by atoms with Crippen LogP contribution in [0.1, 0.15) is 18.4 Å². The normalized spacial score (nSPS) is 11.2. The van der Waals surface area contributed by atoms with Gasteiger partial charge in [-0.1, -0.05) is 30.3 Å². The molecule has 0 atom stereocenters. The Labute approximate surface area is 112 Å². The highest BCUT2D eigenvalue weighted by atomic mass is 32.2. The molecule has 6 nitrogen and oxygen atoms in total. The average Bonchev–Trinajstić information content (AvgIpc) is 2.38. The molecule has 0 saturated carbocycles. The zero-order valence-corrected chi connectivity index (χ0v) is 11.3. The second kappa shape index (κ2) is 7.88. The Kier molecular flexibility index (Phi) is 6.48. The van der Waals surface area contributed by atoms with E-state index >= 15 is 0 Å². The molecular weight excluding hydrogens is 268 g/mol. The summed E-state index contributed by atoms with van der Waals surface area (Å²) in [6.07, 6.45) is 2.44. The maximum absolute atomic E-state index is 11.3. The summed E-state index contributed by atoms with van der Waals surface area (Å²) in [5.41, 5.74) is 2.50. The highest BCUT2D eigenvalue weighted by Gasteiger charge is 2.14. The number of benzene rings is 1. The number of amides is 1. The van der Waals surface area contributed by atoms with Crippen molar-refractivity contribution in [3.8, 4) is 0 Å². The number of aryl methyl sites for hydroxylation is 1. The van der Waals surface area contributed by atoms with Crippen LogP contribution in [0.25, 0.3) is 0 Å². The number of carbonyl (C=O) groups is 1. The maximum Gasteiger partial charge on any atom is 0.259 e. The Morgan fingerprint density at radius 3 is 2.47 bits per heavy atom. The van der Waals surface area contributed by atoms with E-state index in [4.69, 9.17) is 5.21 Å². The predicted molar refractivity (Wildman–Crippen MR) is 71.1 cm³/mol. The van der Waals surface area contributed by atoms with E-state index in [0.717, 1.165) is 12.8 Å². The number of hydrogen-bond donors (Lipinski definition) is 3. The lowest BCUT2D eigenvalue weighted by molar-refractivity contribution is -0.126.